The first-order valence-electron chi connectivity index (χ1n) is 3.89. The van der Waals surface area contributed by atoms with E-state index in [-0.39, 0.29) is 19.6 Å². The molecule has 2 unspecified atom stereocenters. The van der Waals surface area contributed by atoms with Gasteiger partial charge in [0.1, 0.15) is 5.60 Å². The summed E-state index contributed by atoms with van der Waals surface area (Å²) in [5, 5.41) is 21.7. The molecule has 0 radical (unpaired) electrons. The molecule has 1 heterocycles. The third kappa shape index (κ3) is 2.89. The van der Waals surface area contributed by atoms with Crippen LogP contribution in [-0.2, 0) is 10.0 Å². The highest BCUT2D eigenvalue weighted by molar-refractivity contribution is 7.88. The van der Waals surface area contributed by atoms with Gasteiger partial charge in [-0.15, -0.1) is 0 Å². The average Bonchev–Trinajstić information content (AvgIpc) is 2.29. The van der Waals surface area contributed by atoms with E-state index in [9.17, 15) is 18.6 Å². The molecule has 0 bridgehead atoms. The Bertz CT molecular complexity index is 278. The molecule has 0 spiro atoms. The molecule has 0 aliphatic carbocycles. The van der Waals surface area contributed by atoms with Crippen molar-refractivity contribution >= 4 is 10.0 Å². The smallest absolute Gasteiger partial charge is 0.208 e. The normalized spacial score (nSPS) is 35.2. The fourth-order valence-electron chi connectivity index (χ4n) is 1.17. The molecular weight excluding hydrogens is 196 g/mol. The van der Waals surface area contributed by atoms with Crippen LogP contribution in [0.3, 0.4) is 0 Å². The van der Waals surface area contributed by atoms with E-state index in [0.29, 0.717) is 0 Å². The van der Waals surface area contributed by atoms with Crippen LogP contribution in [0.2, 0.25) is 0 Å². The summed E-state index contributed by atoms with van der Waals surface area (Å²) in [6.07, 6.45) is 0.0761. The van der Waals surface area contributed by atoms with Gasteiger partial charge in [0.15, 0.2) is 0 Å². The first kappa shape index (κ1) is 10.9. The van der Waals surface area contributed by atoms with Gasteiger partial charge >= 0.3 is 0 Å². The van der Waals surface area contributed by atoms with Crippen molar-refractivity contribution in [3.8, 4) is 0 Å². The van der Waals surface area contributed by atoms with Gasteiger partial charge in [-0.2, -0.15) is 0 Å². The first-order chi connectivity index (χ1) is 5.83. The van der Waals surface area contributed by atoms with E-state index in [1.165, 1.54) is 0 Å². The zero-order chi connectivity index (χ0) is 10.1. The van der Waals surface area contributed by atoms with Gasteiger partial charge in [-0.3, -0.25) is 0 Å². The Kier molecular flexibility index (Phi) is 2.93. The molecule has 0 aromatic carbocycles. The second-order valence-electron chi connectivity index (χ2n) is 3.34. The van der Waals surface area contributed by atoms with Crippen LogP contribution in [0.25, 0.3) is 0 Å². The first-order valence-corrected chi connectivity index (χ1v) is 5.78. The highest BCUT2D eigenvalue weighted by Crippen LogP contribution is 2.13. The number of sulfonamides is 1. The molecule has 13 heavy (non-hydrogen) atoms. The molecule has 0 saturated carbocycles. The Morgan fingerprint density at radius 1 is 1.69 bits per heavy atom. The zero-order valence-electron chi connectivity index (χ0n) is 7.32. The van der Waals surface area contributed by atoms with Gasteiger partial charge in [0.2, 0.25) is 10.0 Å². The molecule has 2 atom stereocenters. The van der Waals surface area contributed by atoms with E-state index < -0.39 is 21.7 Å². The summed E-state index contributed by atoms with van der Waals surface area (Å²) >= 11 is 0. The number of aliphatic hydroxyl groups is 2. The molecule has 1 fully saturated rings. The second-order valence-corrected chi connectivity index (χ2v) is 5.18. The van der Waals surface area contributed by atoms with Crippen molar-refractivity contribution in [2.45, 2.75) is 11.7 Å². The molecule has 0 amide bonds. The lowest BCUT2D eigenvalue weighted by Crippen LogP contribution is -2.50. The van der Waals surface area contributed by atoms with Crippen LogP contribution < -0.4 is 10.0 Å². The van der Waals surface area contributed by atoms with Crippen molar-refractivity contribution in [1.29, 1.82) is 0 Å². The minimum absolute atomic E-state index is 0.167. The molecule has 6 nitrogen and oxygen atoms in total. The predicted octanol–water partition coefficient (Wildman–Crippen LogP) is -2.77. The van der Waals surface area contributed by atoms with Crippen LogP contribution in [0.15, 0.2) is 0 Å². The van der Waals surface area contributed by atoms with E-state index in [0.717, 1.165) is 6.26 Å². The summed E-state index contributed by atoms with van der Waals surface area (Å²) in [5.41, 5.74) is -1.39. The fraction of sp³-hybridized carbons (Fsp3) is 1.00. The minimum atomic E-state index is -3.32. The van der Waals surface area contributed by atoms with Gasteiger partial charge in [-0.25, -0.2) is 13.1 Å². The van der Waals surface area contributed by atoms with Crippen LogP contribution in [0.4, 0.5) is 0 Å². The number of aliphatic hydroxyl groups excluding tert-OH is 1. The Balaban J connectivity index is 2.53. The average molecular weight is 210 g/mol. The molecular formula is C6H14N2O4S. The van der Waals surface area contributed by atoms with Crippen molar-refractivity contribution in [1.82, 2.24) is 10.0 Å². The van der Waals surface area contributed by atoms with Gasteiger partial charge in [0.05, 0.1) is 12.4 Å². The van der Waals surface area contributed by atoms with Gasteiger partial charge < -0.3 is 15.5 Å². The number of rotatable bonds is 3. The van der Waals surface area contributed by atoms with Crippen LogP contribution in [0.1, 0.15) is 0 Å². The molecule has 7 heteroatoms. The maximum Gasteiger partial charge on any atom is 0.208 e. The van der Waals surface area contributed by atoms with Crippen molar-refractivity contribution < 1.29 is 18.6 Å². The Morgan fingerprint density at radius 2 is 2.31 bits per heavy atom. The van der Waals surface area contributed by atoms with Crippen LogP contribution in [0.5, 0.6) is 0 Å². The summed E-state index contributed by atoms with van der Waals surface area (Å²) in [6.45, 7) is 0.304. The molecule has 1 saturated heterocycles. The van der Waals surface area contributed by atoms with E-state index in [2.05, 4.69) is 10.0 Å². The van der Waals surface area contributed by atoms with Gasteiger partial charge in [0, 0.05) is 19.6 Å². The molecule has 1 aliphatic rings. The van der Waals surface area contributed by atoms with Crippen molar-refractivity contribution in [2.75, 3.05) is 25.9 Å². The van der Waals surface area contributed by atoms with Gasteiger partial charge in [-0.1, -0.05) is 0 Å². The SMILES string of the molecule is CS(=O)(=O)NCC1(O)CNCC1O. The Morgan fingerprint density at radius 3 is 2.69 bits per heavy atom. The van der Waals surface area contributed by atoms with Gasteiger partial charge in [-0.05, 0) is 0 Å². The fourth-order valence-corrected chi connectivity index (χ4v) is 1.68. The number of hydrogen-bond acceptors (Lipinski definition) is 5. The maximum atomic E-state index is 10.7. The number of hydrogen-bond donors (Lipinski definition) is 4. The van der Waals surface area contributed by atoms with E-state index in [4.69, 9.17) is 0 Å². The highest BCUT2D eigenvalue weighted by atomic mass is 32.2. The molecule has 1 aliphatic heterocycles. The van der Waals surface area contributed by atoms with E-state index in [1.54, 1.807) is 0 Å². The minimum Gasteiger partial charge on any atom is -0.389 e. The quantitative estimate of drug-likeness (QED) is 0.404. The van der Waals surface area contributed by atoms with Gasteiger partial charge in [0.25, 0.3) is 0 Å². The summed E-state index contributed by atoms with van der Waals surface area (Å²) < 4.78 is 23.6. The van der Waals surface area contributed by atoms with Crippen molar-refractivity contribution in [3.05, 3.63) is 0 Å². The second kappa shape index (κ2) is 3.50. The number of β-amino-alcohol motifs (C(OH)–C–C–N with tert-alkyl or cyclic N) is 2. The van der Waals surface area contributed by atoms with Crippen LogP contribution in [0, 0.1) is 0 Å². The van der Waals surface area contributed by atoms with Crippen molar-refractivity contribution in [3.63, 3.8) is 0 Å². The summed E-state index contributed by atoms with van der Waals surface area (Å²) in [4.78, 5) is 0. The Hall–Kier alpha value is -0.210. The highest BCUT2D eigenvalue weighted by Gasteiger charge is 2.40. The monoisotopic (exact) mass is 210 g/mol. The third-order valence-corrected chi connectivity index (χ3v) is 2.70. The van der Waals surface area contributed by atoms with Crippen LogP contribution >= 0.6 is 0 Å². The van der Waals surface area contributed by atoms with Crippen LogP contribution in [-0.4, -0.2) is 56.2 Å². The lowest BCUT2D eigenvalue weighted by atomic mass is 10.0. The molecule has 0 aromatic rings. The van der Waals surface area contributed by atoms with E-state index >= 15 is 0 Å². The third-order valence-electron chi connectivity index (χ3n) is 2.03. The Labute approximate surface area is 77.0 Å². The maximum absolute atomic E-state index is 10.7. The lowest BCUT2D eigenvalue weighted by molar-refractivity contribution is -0.0343. The summed E-state index contributed by atoms with van der Waals surface area (Å²) in [5.74, 6) is 0. The molecule has 4 N–H and O–H groups in total. The number of nitrogens with one attached hydrogen (secondary N) is 2. The van der Waals surface area contributed by atoms with E-state index in [1.807, 2.05) is 0 Å². The molecule has 78 valence electrons. The lowest BCUT2D eigenvalue weighted by Gasteiger charge is -2.24. The summed E-state index contributed by atoms with van der Waals surface area (Å²) in [6, 6.07) is 0. The summed E-state index contributed by atoms with van der Waals surface area (Å²) in [7, 11) is -3.32. The largest absolute Gasteiger partial charge is 0.389 e. The van der Waals surface area contributed by atoms with Crippen molar-refractivity contribution in [2.24, 2.45) is 0 Å². The zero-order valence-corrected chi connectivity index (χ0v) is 8.13. The predicted molar refractivity (Wildman–Crippen MR) is 46.7 cm³/mol. The topological polar surface area (TPSA) is 98.7 Å². The molecule has 1 rings (SSSR count). The standard InChI is InChI=1S/C6H14N2O4S/c1-13(11,12)8-4-6(10)3-7-2-5(6)9/h5,7-10H,2-4H2,1H3. The molecule has 0 aromatic heterocycles.